The number of rotatable bonds is 7. The van der Waals surface area contributed by atoms with Gasteiger partial charge in [-0.1, -0.05) is 12.1 Å². The molecule has 1 saturated heterocycles. The van der Waals surface area contributed by atoms with E-state index in [0.29, 0.717) is 5.76 Å². The Morgan fingerprint density at radius 1 is 1.14 bits per heavy atom. The molecule has 0 spiro atoms. The lowest BCUT2D eigenvalue weighted by Crippen LogP contribution is -2.52. The first-order chi connectivity index (χ1) is 13.4. The number of likely N-dealkylation sites (N-methyl/N-ethyl adjacent to an activating group) is 1. The average molecular weight is 404 g/mol. The first kappa shape index (κ1) is 20.3. The molecule has 0 bridgehead atoms. The van der Waals surface area contributed by atoms with Crippen LogP contribution in [0.1, 0.15) is 11.3 Å². The molecule has 1 fully saturated rings. The van der Waals surface area contributed by atoms with Gasteiger partial charge in [0.15, 0.2) is 0 Å². The number of amides is 1. The van der Waals surface area contributed by atoms with E-state index in [0.717, 1.165) is 31.7 Å². The summed E-state index contributed by atoms with van der Waals surface area (Å²) in [6.45, 7) is 3.48. The van der Waals surface area contributed by atoms with Gasteiger partial charge >= 0.3 is 0 Å². The molecule has 0 atom stereocenters. The Hall–Kier alpha value is -2.46. The number of carbonyl (C=O) groups excluding carboxylic acids is 1. The van der Waals surface area contributed by atoms with E-state index in [1.807, 2.05) is 5.01 Å². The third-order valence-corrected chi connectivity index (χ3v) is 5.82. The first-order valence-electron chi connectivity index (χ1n) is 8.97. The van der Waals surface area contributed by atoms with Crippen molar-refractivity contribution in [3.05, 3.63) is 60.1 Å². The van der Waals surface area contributed by atoms with Gasteiger partial charge in [0.2, 0.25) is 10.0 Å². The van der Waals surface area contributed by atoms with Gasteiger partial charge in [-0.15, -0.1) is 0 Å². The molecule has 1 aromatic carbocycles. The van der Waals surface area contributed by atoms with Gasteiger partial charge in [0.1, 0.15) is 5.76 Å². The van der Waals surface area contributed by atoms with Gasteiger partial charge in [0.25, 0.3) is 5.91 Å². The van der Waals surface area contributed by atoms with E-state index in [1.165, 1.54) is 24.5 Å². The van der Waals surface area contributed by atoms with Gasteiger partial charge in [-0.25, -0.2) is 18.1 Å². The molecule has 9 heteroatoms. The van der Waals surface area contributed by atoms with Crippen LogP contribution in [0, 0.1) is 0 Å². The van der Waals surface area contributed by atoms with E-state index in [4.69, 9.17) is 4.42 Å². The monoisotopic (exact) mass is 404 g/mol. The fraction of sp³-hybridized carbons (Fsp3) is 0.316. The minimum atomic E-state index is -3.63. The number of hydrazine groups is 1. The Morgan fingerprint density at radius 3 is 2.50 bits per heavy atom. The minimum Gasteiger partial charge on any atom is -0.468 e. The SMILES string of the molecule is CN1CCN(NC(=O)/C=C/c2ccc(S(=O)(=O)NCc3ccco3)cc2)CC1. The Kier molecular flexibility index (Phi) is 6.63. The Morgan fingerprint density at radius 2 is 1.86 bits per heavy atom. The summed E-state index contributed by atoms with van der Waals surface area (Å²) in [5.74, 6) is 0.329. The van der Waals surface area contributed by atoms with Gasteiger partial charge < -0.3 is 9.32 Å². The molecule has 3 rings (SSSR count). The summed E-state index contributed by atoms with van der Waals surface area (Å²) in [7, 11) is -1.58. The van der Waals surface area contributed by atoms with Crippen LogP contribution in [0.5, 0.6) is 0 Å². The van der Waals surface area contributed by atoms with E-state index < -0.39 is 10.0 Å². The van der Waals surface area contributed by atoms with E-state index in [2.05, 4.69) is 22.1 Å². The van der Waals surface area contributed by atoms with Gasteiger partial charge in [-0.05, 0) is 43.0 Å². The molecule has 8 nitrogen and oxygen atoms in total. The van der Waals surface area contributed by atoms with Crippen molar-refractivity contribution in [3.8, 4) is 0 Å². The lowest BCUT2D eigenvalue weighted by molar-refractivity contribution is -0.121. The van der Waals surface area contributed by atoms with E-state index in [9.17, 15) is 13.2 Å². The second-order valence-corrected chi connectivity index (χ2v) is 8.34. The van der Waals surface area contributed by atoms with E-state index in [1.54, 1.807) is 30.3 Å². The fourth-order valence-electron chi connectivity index (χ4n) is 2.70. The summed E-state index contributed by atoms with van der Waals surface area (Å²) in [4.78, 5) is 14.4. The van der Waals surface area contributed by atoms with Crippen LogP contribution in [0.2, 0.25) is 0 Å². The lowest BCUT2D eigenvalue weighted by atomic mass is 10.2. The molecule has 28 heavy (non-hydrogen) atoms. The number of nitrogens with zero attached hydrogens (tertiary/aromatic N) is 2. The van der Waals surface area contributed by atoms with Crippen molar-refractivity contribution in [1.29, 1.82) is 0 Å². The van der Waals surface area contributed by atoms with E-state index >= 15 is 0 Å². The number of hydrogen-bond donors (Lipinski definition) is 2. The largest absolute Gasteiger partial charge is 0.468 e. The molecule has 2 N–H and O–H groups in total. The summed E-state index contributed by atoms with van der Waals surface area (Å²) in [6.07, 6.45) is 4.58. The highest BCUT2D eigenvalue weighted by Crippen LogP contribution is 2.12. The van der Waals surface area contributed by atoms with Crippen molar-refractivity contribution in [2.75, 3.05) is 33.2 Å². The first-order valence-corrected chi connectivity index (χ1v) is 10.4. The second kappa shape index (κ2) is 9.16. The van der Waals surface area contributed by atoms with Crippen molar-refractivity contribution >= 4 is 22.0 Å². The lowest BCUT2D eigenvalue weighted by Gasteiger charge is -2.31. The molecule has 1 aliphatic rings. The second-order valence-electron chi connectivity index (χ2n) is 6.57. The molecule has 1 aliphatic heterocycles. The van der Waals surface area contributed by atoms with Crippen molar-refractivity contribution in [2.45, 2.75) is 11.4 Å². The highest BCUT2D eigenvalue weighted by Gasteiger charge is 2.15. The van der Waals surface area contributed by atoms with Crippen LogP contribution in [-0.2, 0) is 21.4 Å². The molecule has 1 aromatic heterocycles. The highest BCUT2D eigenvalue weighted by molar-refractivity contribution is 7.89. The van der Waals surface area contributed by atoms with Crippen LogP contribution < -0.4 is 10.1 Å². The Balaban J connectivity index is 1.53. The van der Waals surface area contributed by atoms with Gasteiger partial charge in [-0.3, -0.25) is 10.2 Å². The quantitative estimate of drug-likeness (QED) is 0.670. The summed E-state index contributed by atoms with van der Waals surface area (Å²) in [5.41, 5.74) is 3.58. The number of hydrogen-bond acceptors (Lipinski definition) is 6. The number of carbonyl (C=O) groups is 1. The molecule has 2 aromatic rings. The zero-order valence-corrected chi connectivity index (χ0v) is 16.5. The van der Waals surface area contributed by atoms with Crippen molar-refractivity contribution < 1.29 is 17.6 Å². The van der Waals surface area contributed by atoms with Crippen molar-refractivity contribution in [2.24, 2.45) is 0 Å². The standard InChI is InChI=1S/C19H24N4O4S/c1-22-10-12-23(13-11-22)21-19(24)9-6-16-4-7-18(8-5-16)28(25,26)20-15-17-3-2-14-27-17/h2-9,14,20H,10-13,15H2,1H3,(H,21,24)/b9-6+. The average Bonchev–Trinajstić information content (AvgIpc) is 3.21. The Bertz CT molecular complexity index is 900. The van der Waals surface area contributed by atoms with Crippen LogP contribution in [0.15, 0.2) is 58.1 Å². The number of piperazine rings is 1. The predicted octanol–water partition coefficient (Wildman–Crippen LogP) is 1.05. The van der Waals surface area contributed by atoms with Crippen LogP contribution in [-0.4, -0.2) is 57.5 Å². The van der Waals surface area contributed by atoms with Crippen molar-refractivity contribution in [3.63, 3.8) is 0 Å². The summed E-state index contributed by atoms with van der Waals surface area (Å²) < 4.78 is 32.2. The summed E-state index contributed by atoms with van der Waals surface area (Å²) >= 11 is 0. The third-order valence-electron chi connectivity index (χ3n) is 4.41. The van der Waals surface area contributed by atoms with Gasteiger partial charge in [0.05, 0.1) is 17.7 Å². The maximum Gasteiger partial charge on any atom is 0.258 e. The van der Waals surface area contributed by atoms with Gasteiger partial charge in [0, 0.05) is 32.3 Å². The molecule has 2 heterocycles. The smallest absolute Gasteiger partial charge is 0.258 e. The van der Waals surface area contributed by atoms with Crippen LogP contribution in [0.3, 0.4) is 0 Å². The summed E-state index contributed by atoms with van der Waals surface area (Å²) in [6, 6.07) is 9.71. The molecule has 0 radical (unpaired) electrons. The molecular formula is C19H24N4O4S. The fourth-order valence-corrected chi connectivity index (χ4v) is 3.70. The van der Waals surface area contributed by atoms with Crippen LogP contribution >= 0.6 is 0 Å². The number of furan rings is 1. The van der Waals surface area contributed by atoms with Gasteiger partial charge in [-0.2, -0.15) is 0 Å². The molecule has 1 amide bonds. The zero-order chi connectivity index (χ0) is 20.0. The predicted molar refractivity (Wildman–Crippen MR) is 105 cm³/mol. The summed E-state index contributed by atoms with van der Waals surface area (Å²) in [5, 5.41) is 1.90. The number of nitrogens with one attached hydrogen (secondary N) is 2. The van der Waals surface area contributed by atoms with Crippen LogP contribution in [0.25, 0.3) is 6.08 Å². The molecule has 150 valence electrons. The normalized spacial score (nSPS) is 16.5. The minimum absolute atomic E-state index is 0.0868. The molecule has 0 saturated carbocycles. The topological polar surface area (TPSA) is 94.9 Å². The van der Waals surface area contributed by atoms with Crippen molar-refractivity contribution in [1.82, 2.24) is 20.1 Å². The Labute approximate surface area is 164 Å². The van der Waals surface area contributed by atoms with Crippen LogP contribution in [0.4, 0.5) is 0 Å². The highest BCUT2D eigenvalue weighted by atomic mass is 32.2. The zero-order valence-electron chi connectivity index (χ0n) is 15.7. The van der Waals surface area contributed by atoms with E-state index in [-0.39, 0.29) is 17.3 Å². The molecule has 0 unspecified atom stereocenters. The molecular weight excluding hydrogens is 380 g/mol. The third kappa shape index (κ3) is 5.77. The number of sulfonamides is 1. The maximum atomic E-state index is 12.3. The maximum absolute atomic E-state index is 12.3. The number of benzene rings is 1. The molecule has 0 aliphatic carbocycles.